The van der Waals surface area contributed by atoms with Gasteiger partial charge in [-0.15, -0.1) is 0 Å². The van der Waals surface area contributed by atoms with Gasteiger partial charge in [-0.05, 0) is 37.0 Å². The number of aliphatic hydroxyl groups is 2. The summed E-state index contributed by atoms with van der Waals surface area (Å²) in [6.07, 6.45) is 1.89. The number of H-pyrrole nitrogens is 1. The van der Waals surface area contributed by atoms with Crippen molar-refractivity contribution in [3.63, 3.8) is 0 Å². The average molecular weight is 351 g/mol. The Bertz CT molecular complexity index is 812. The van der Waals surface area contributed by atoms with Gasteiger partial charge in [0.15, 0.2) is 0 Å². The molecule has 0 saturated carbocycles. The Labute approximate surface area is 143 Å². The van der Waals surface area contributed by atoms with Gasteiger partial charge in [-0.25, -0.2) is 0 Å². The minimum Gasteiger partial charge on any atom is -0.394 e. The molecule has 0 radical (unpaired) electrons. The molecule has 0 bridgehead atoms. The number of nitrogens with one attached hydrogen (secondary N) is 1. The van der Waals surface area contributed by atoms with E-state index >= 15 is 0 Å². The Morgan fingerprint density at radius 3 is 2.75 bits per heavy atom. The smallest absolute Gasteiger partial charge is 0.259 e. The van der Waals surface area contributed by atoms with Crippen LogP contribution in [0.4, 0.5) is 0 Å². The Morgan fingerprint density at radius 2 is 2.08 bits per heavy atom. The van der Waals surface area contributed by atoms with Crippen LogP contribution in [0, 0.1) is 5.92 Å². The van der Waals surface area contributed by atoms with Gasteiger partial charge in [0.05, 0.1) is 18.2 Å². The number of likely N-dealkylation sites (tertiary alicyclic amines) is 1. The molecule has 2 aromatic rings. The third-order valence-corrected chi connectivity index (χ3v) is 4.87. The van der Waals surface area contributed by atoms with E-state index in [1.165, 1.54) is 6.20 Å². The molecule has 1 aromatic carbocycles. The molecule has 0 spiro atoms. The molecule has 1 atom stereocenters. The van der Waals surface area contributed by atoms with Crippen LogP contribution >= 0.6 is 11.6 Å². The summed E-state index contributed by atoms with van der Waals surface area (Å²) in [5.74, 6) is -0.332. The molecule has 2 heterocycles. The highest BCUT2D eigenvalue weighted by atomic mass is 35.5. The first-order valence-corrected chi connectivity index (χ1v) is 8.28. The summed E-state index contributed by atoms with van der Waals surface area (Å²) in [5.41, 5.74) is 0.378. The highest BCUT2D eigenvalue weighted by molar-refractivity contribution is 6.31. The van der Waals surface area contributed by atoms with Crippen molar-refractivity contribution in [3.05, 3.63) is 45.2 Å². The van der Waals surface area contributed by atoms with Crippen molar-refractivity contribution in [3.8, 4) is 0 Å². The van der Waals surface area contributed by atoms with Crippen LogP contribution in [0.1, 0.15) is 23.2 Å². The second-order valence-corrected chi connectivity index (χ2v) is 6.54. The van der Waals surface area contributed by atoms with Gasteiger partial charge in [-0.1, -0.05) is 11.6 Å². The molecule has 3 rings (SSSR count). The molecule has 1 fully saturated rings. The number of benzene rings is 1. The maximum absolute atomic E-state index is 12.6. The zero-order chi connectivity index (χ0) is 17.3. The van der Waals surface area contributed by atoms with Gasteiger partial charge in [0.2, 0.25) is 5.43 Å². The number of aromatic amines is 1. The Morgan fingerprint density at radius 1 is 1.38 bits per heavy atom. The van der Waals surface area contributed by atoms with Gasteiger partial charge in [-0.2, -0.15) is 0 Å². The summed E-state index contributed by atoms with van der Waals surface area (Å²) < 4.78 is 0. The molecule has 128 valence electrons. The van der Waals surface area contributed by atoms with Gasteiger partial charge in [0, 0.05) is 29.7 Å². The van der Waals surface area contributed by atoms with Crippen molar-refractivity contribution in [1.29, 1.82) is 0 Å². The molecule has 1 amide bonds. The molecule has 7 heteroatoms. The molecule has 3 N–H and O–H groups in total. The van der Waals surface area contributed by atoms with Crippen molar-refractivity contribution < 1.29 is 15.0 Å². The lowest BCUT2D eigenvalue weighted by molar-refractivity contribution is 0.0179. The third kappa shape index (κ3) is 3.17. The highest BCUT2D eigenvalue weighted by Crippen LogP contribution is 2.22. The summed E-state index contributed by atoms with van der Waals surface area (Å²) >= 11 is 5.91. The lowest BCUT2D eigenvalue weighted by Crippen LogP contribution is -2.43. The van der Waals surface area contributed by atoms with E-state index in [2.05, 4.69) is 4.98 Å². The number of piperidine rings is 1. The first kappa shape index (κ1) is 17.0. The predicted octanol–water partition coefficient (Wildman–Crippen LogP) is 1.39. The molecule has 1 aliphatic heterocycles. The Hall–Kier alpha value is -1.89. The van der Waals surface area contributed by atoms with Crippen LogP contribution in [0.5, 0.6) is 0 Å². The third-order valence-electron chi connectivity index (χ3n) is 4.63. The maximum atomic E-state index is 12.6. The van der Waals surface area contributed by atoms with Crippen LogP contribution in [-0.4, -0.2) is 51.8 Å². The second-order valence-electron chi connectivity index (χ2n) is 6.10. The lowest BCUT2D eigenvalue weighted by atomic mass is 9.91. The molecular formula is C17H19ClN2O4. The molecule has 1 aromatic heterocycles. The second kappa shape index (κ2) is 6.93. The van der Waals surface area contributed by atoms with E-state index in [-0.39, 0.29) is 29.4 Å². The summed E-state index contributed by atoms with van der Waals surface area (Å²) in [4.78, 5) is 29.8. The average Bonchev–Trinajstić information content (AvgIpc) is 2.61. The van der Waals surface area contributed by atoms with E-state index < -0.39 is 6.10 Å². The quantitative estimate of drug-likeness (QED) is 0.779. The number of nitrogens with zero attached hydrogens (tertiary/aromatic N) is 1. The lowest BCUT2D eigenvalue weighted by Gasteiger charge is -2.33. The molecule has 1 unspecified atom stereocenters. The van der Waals surface area contributed by atoms with Crippen molar-refractivity contribution in [1.82, 2.24) is 9.88 Å². The van der Waals surface area contributed by atoms with Gasteiger partial charge < -0.3 is 20.1 Å². The van der Waals surface area contributed by atoms with Crippen molar-refractivity contribution in [2.45, 2.75) is 18.9 Å². The topological polar surface area (TPSA) is 93.6 Å². The number of hydrogen-bond donors (Lipinski definition) is 3. The standard InChI is InChI=1S/C17H19ClN2O4/c18-11-1-2-12-14(7-11)19-8-13(16(12)23)17(24)20-5-3-10(4-6-20)15(22)9-21/h1-2,7-8,10,15,21-22H,3-6,9H2,(H,19,23). The SMILES string of the molecule is O=C(c1c[nH]c2cc(Cl)ccc2c1=O)N1CCC(C(O)CO)CC1. The highest BCUT2D eigenvalue weighted by Gasteiger charge is 2.28. The summed E-state index contributed by atoms with van der Waals surface area (Å²) in [5, 5.41) is 19.6. The van der Waals surface area contributed by atoms with E-state index in [4.69, 9.17) is 16.7 Å². The first-order chi connectivity index (χ1) is 11.5. The summed E-state index contributed by atoms with van der Waals surface area (Å²) in [6, 6.07) is 4.88. The largest absolute Gasteiger partial charge is 0.394 e. The van der Waals surface area contributed by atoms with E-state index in [1.54, 1.807) is 23.1 Å². The number of amides is 1. The van der Waals surface area contributed by atoms with Gasteiger partial charge >= 0.3 is 0 Å². The molecule has 0 aliphatic carbocycles. The number of aromatic nitrogens is 1. The minimum atomic E-state index is -0.754. The van der Waals surface area contributed by atoms with Crippen LogP contribution in [0.2, 0.25) is 5.02 Å². The van der Waals surface area contributed by atoms with Gasteiger partial charge in [0.25, 0.3) is 5.91 Å². The van der Waals surface area contributed by atoms with E-state index in [0.29, 0.717) is 41.9 Å². The van der Waals surface area contributed by atoms with Crippen LogP contribution < -0.4 is 5.43 Å². The number of aliphatic hydroxyl groups excluding tert-OH is 2. The Balaban J connectivity index is 1.81. The maximum Gasteiger partial charge on any atom is 0.259 e. The fourth-order valence-corrected chi connectivity index (χ4v) is 3.33. The molecule has 1 aliphatic rings. The molecule has 1 saturated heterocycles. The summed E-state index contributed by atoms with van der Waals surface area (Å²) in [7, 11) is 0. The van der Waals surface area contributed by atoms with Crippen molar-refractivity contribution in [2.75, 3.05) is 19.7 Å². The first-order valence-electron chi connectivity index (χ1n) is 7.90. The molecular weight excluding hydrogens is 332 g/mol. The number of halogens is 1. The number of hydrogen-bond acceptors (Lipinski definition) is 4. The monoisotopic (exact) mass is 350 g/mol. The van der Waals surface area contributed by atoms with Gasteiger partial charge in [0.1, 0.15) is 5.56 Å². The van der Waals surface area contributed by atoms with Crippen molar-refractivity contribution >= 4 is 28.4 Å². The van der Waals surface area contributed by atoms with Gasteiger partial charge in [-0.3, -0.25) is 9.59 Å². The van der Waals surface area contributed by atoms with Crippen LogP contribution in [-0.2, 0) is 0 Å². The zero-order valence-corrected chi connectivity index (χ0v) is 13.8. The normalized spacial score (nSPS) is 17.2. The Kier molecular flexibility index (Phi) is 4.89. The summed E-state index contributed by atoms with van der Waals surface area (Å²) in [6.45, 7) is 0.642. The fourth-order valence-electron chi connectivity index (χ4n) is 3.16. The number of fused-ring (bicyclic) bond motifs is 1. The predicted molar refractivity (Wildman–Crippen MR) is 91.3 cm³/mol. The van der Waals surface area contributed by atoms with Crippen LogP contribution in [0.25, 0.3) is 10.9 Å². The van der Waals surface area contributed by atoms with Crippen LogP contribution in [0.3, 0.4) is 0 Å². The van der Waals surface area contributed by atoms with Crippen LogP contribution in [0.15, 0.2) is 29.2 Å². The number of rotatable bonds is 3. The zero-order valence-electron chi connectivity index (χ0n) is 13.0. The number of carbonyl (C=O) groups is 1. The number of carbonyl (C=O) groups excluding carboxylic acids is 1. The van der Waals surface area contributed by atoms with E-state index in [0.717, 1.165) is 0 Å². The number of pyridine rings is 1. The minimum absolute atomic E-state index is 0.0175. The van der Waals surface area contributed by atoms with E-state index in [9.17, 15) is 14.7 Å². The fraction of sp³-hybridized carbons (Fsp3) is 0.412. The molecule has 6 nitrogen and oxygen atoms in total. The van der Waals surface area contributed by atoms with E-state index in [1.807, 2.05) is 0 Å². The van der Waals surface area contributed by atoms with Crippen molar-refractivity contribution in [2.24, 2.45) is 5.92 Å². The molecule has 24 heavy (non-hydrogen) atoms.